The highest BCUT2D eigenvalue weighted by molar-refractivity contribution is 5.76. The van der Waals surface area contributed by atoms with Crippen LogP contribution in [0, 0.1) is 6.92 Å². The van der Waals surface area contributed by atoms with Crippen LogP contribution in [0.4, 0.5) is 0 Å². The maximum absolute atomic E-state index is 11.5. The first-order valence-corrected chi connectivity index (χ1v) is 5.17. The fourth-order valence-corrected chi connectivity index (χ4v) is 1.89. The molecule has 86 valence electrons. The highest BCUT2D eigenvalue weighted by atomic mass is 16.3. The zero-order valence-corrected chi connectivity index (χ0v) is 9.14. The van der Waals surface area contributed by atoms with Gasteiger partial charge in [-0.05, 0) is 13.0 Å². The fourth-order valence-electron chi connectivity index (χ4n) is 1.89. The molecule has 0 aromatic carbocycles. The van der Waals surface area contributed by atoms with Crippen LogP contribution in [0.3, 0.4) is 0 Å². The summed E-state index contributed by atoms with van der Waals surface area (Å²) in [5.74, 6) is 0. The van der Waals surface area contributed by atoms with Crippen LogP contribution in [-0.4, -0.2) is 24.5 Å². The van der Waals surface area contributed by atoms with Crippen LogP contribution in [0.2, 0.25) is 0 Å². The number of nitrogens with one attached hydrogen (secondary N) is 1. The van der Waals surface area contributed by atoms with Crippen molar-refractivity contribution < 1.29 is 5.11 Å². The third-order valence-corrected chi connectivity index (χ3v) is 2.74. The molecule has 6 nitrogen and oxygen atoms in total. The van der Waals surface area contributed by atoms with E-state index in [0.29, 0.717) is 28.1 Å². The molecule has 0 atom stereocenters. The SMILES string of the molecule is Cc1nc2c(cc(CO)c3nccn32)[nH]c1=O. The Morgan fingerprint density at radius 1 is 1.47 bits per heavy atom. The van der Waals surface area contributed by atoms with Crippen molar-refractivity contribution in [3.8, 4) is 0 Å². The third kappa shape index (κ3) is 1.34. The van der Waals surface area contributed by atoms with Gasteiger partial charge in [0.2, 0.25) is 0 Å². The Labute approximate surface area is 95.6 Å². The zero-order chi connectivity index (χ0) is 12.0. The maximum atomic E-state index is 11.5. The summed E-state index contributed by atoms with van der Waals surface area (Å²) < 4.78 is 1.75. The van der Waals surface area contributed by atoms with E-state index in [1.54, 1.807) is 29.8 Å². The summed E-state index contributed by atoms with van der Waals surface area (Å²) in [6.45, 7) is 1.52. The van der Waals surface area contributed by atoms with Crippen molar-refractivity contribution in [3.05, 3.63) is 40.1 Å². The van der Waals surface area contributed by atoms with Gasteiger partial charge in [0.1, 0.15) is 11.3 Å². The molecule has 0 saturated heterocycles. The first-order valence-electron chi connectivity index (χ1n) is 5.17. The summed E-state index contributed by atoms with van der Waals surface area (Å²) in [4.78, 5) is 22.6. The Morgan fingerprint density at radius 2 is 2.29 bits per heavy atom. The second kappa shape index (κ2) is 3.39. The lowest BCUT2D eigenvalue weighted by atomic mass is 10.2. The van der Waals surface area contributed by atoms with Crippen molar-refractivity contribution >= 4 is 16.8 Å². The number of hydrogen-bond acceptors (Lipinski definition) is 4. The van der Waals surface area contributed by atoms with E-state index in [9.17, 15) is 9.90 Å². The molecule has 0 aliphatic heterocycles. The summed E-state index contributed by atoms with van der Waals surface area (Å²) in [6, 6.07) is 1.70. The molecular weight excluding hydrogens is 220 g/mol. The first-order chi connectivity index (χ1) is 8.20. The van der Waals surface area contributed by atoms with Gasteiger partial charge in [-0.1, -0.05) is 0 Å². The minimum absolute atomic E-state index is 0.133. The lowest BCUT2D eigenvalue weighted by molar-refractivity contribution is 0.283. The van der Waals surface area contributed by atoms with Gasteiger partial charge in [0.25, 0.3) is 5.56 Å². The Balaban J connectivity index is 2.58. The van der Waals surface area contributed by atoms with Crippen LogP contribution >= 0.6 is 0 Å². The van der Waals surface area contributed by atoms with Gasteiger partial charge in [-0.3, -0.25) is 9.20 Å². The fraction of sp³-hybridized carbons (Fsp3) is 0.182. The summed E-state index contributed by atoms with van der Waals surface area (Å²) >= 11 is 0. The van der Waals surface area contributed by atoms with Crippen molar-refractivity contribution in [3.63, 3.8) is 0 Å². The van der Waals surface area contributed by atoms with E-state index in [-0.39, 0.29) is 12.2 Å². The lowest BCUT2D eigenvalue weighted by Crippen LogP contribution is -2.13. The van der Waals surface area contributed by atoms with E-state index >= 15 is 0 Å². The number of hydrogen-bond donors (Lipinski definition) is 2. The molecule has 0 saturated carbocycles. The van der Waals surface area contributed by atoms with Crippen LogP contribution in [0.15, 0.2) is 23.3 Å². The van der Waals surface area contributed by atoms with Gasteiger partial charge in [-0.15, -0.1) is 0 Å². The molecule has 0 unspecified atom stereocenters. The minimum Gasteiger partial charge on any atom is -0.392 e. The molecule has 0 amide bonds. The minimum atomic E-state index is -0.221. The number of aliphatic hydroxyl groups excluding tert-OH is 1. The molecule has 0 fully saturated rings. The molecule has 3 aromatic rings. The van der Waals surface area contributed by atoms with E-state index in [2.05, 4.69) is 15.0 Å². The van der Waals surface area contributed by atoms with Gasteiger partial charge in [0.15, 0.2) is 5.65 Å². The Morgan fingerprint density at radius 3 is 3.06 bits per heavy atom. The standard InChI is InChI=1S/C11H10N4O2/c1-6-11(17)14-8-4-7(5-16)9-12-2-3-15(9)10(8)13-6/h2-4,16H,5H2,1H3,(H,14,17). The van der Waals surface area contributed by atoms with Crippen LogP contribution < -0.4 is 5.56 Å². The molecule has 2 N–H and O–H groups in total. The number of rotatable bonds is 1. The van der Waals surface area contributed by atoms with E-state index in [0.717, 1.165) is 0 Å². The highest BCUT2D eigenvalue weighted by Crippen LogP contribution is 2.16. The molecule has 0 bridgehead atoms. The van der Waals surface area contributed by atoms with Gasteiger partial charge in [0.05, 0.1) is 12.1 Å². The number of nitrogens with zero attached hydrogens (tertiary/aromatic N) is 3. The molecule has 6 heteroatoms. The van der Waals surface area contributed by atoms with E-state index < -0.39 is 0 Å². The molecular formula is C11H10N4O2. The molecule has 3 heterocycles. The van der Waals surface area contributed by atoms with E-state index in [1.807, 2.05) is 0 Å². The summed E-state index contributed by atoms with van der Waals surface area (Å²) in [5, 5.41) is 9.27. The molecule has 3 aromatic heterocycles. The van der Waals surface area contributed by atoms with Gasteiger partial charge < -0.3 is 10.1 Å². The lowest BCUT2D eigenvalue weighted by Gasteiger charge is -2.05. The maximum Gasteiger partial charge on any atom is 0.269 e. The van der Waals surface area contributed by atoms with Crippen LogP contribution in [0.25, 0.3) is 16.8 Å². The van der Waals surface area contributed by atoms with Gasteiger partial charge >= 0.3 is 0 Å². The van der Waals surface area contributed by atoms with E-state index in [4.69, 9.17) is 0 Å². The van der Waals surface area contributed by atoms with Gasteiger partial charge in [-0.2, -0.15) is 0 Å². The number of pyridine rings is 1. The number of fused-ring (bicyclic) bond motifs is 3. The quantitative estimate of drug-likeness (QED) is 0.632. The van der Waals surface area contributed by atoms with Crippen molar-refractivity contribution in [2.24, 2.45) is 0 Å². The number of aromatic amines is 1. The van der Waals surface area contributed by atoms with Crippen LogP contribution in [0.1, 0.15) is 11.3 Å². The number of imidazole rings is 1. The van der Waals surface area contributed by atoms with Crippen molar-refractivity contribution in [1.82, 2.24) is 19.4 Å². The summed E-state index contributed by atoms with van der Waals surface area (Å²) in [6.07, 6.45) is 3.39. The normalized spacial score (nSPS) is 11.4. The summed E-state index contributed by atoms with van der Waals surface area (Å²) in [7, 11) is 0. The molecule has 17 heavy (non-hydrogen) atoms. The third-order valence-electron chi connectivity index (χ3n) is 2.74. The molecule has 0 aliphatic rings. The van der Waals surface area contributed by atoms with Gasteiger partial charge in [0, 0.05) is 18.0 Å². The Kier molecular flexibility index (Phi) is 1.99. The smallest absolute Gasteiger partial charge is 0.269 e. The van der Waals surface area contributed by atoms with E-state index in [1.165, 1.54) is 0 Å². The Hall–Kier alpha value is -2.21. The number of aromatic nitrogens is 4. The average molecular weight is 230 g/mol. The second-order valence-corrected chi connectivity index (χ2v) is 3.84. The summed E-state index contributed by atoms with van der Waals surface area (Å²) in [5.41, 5.74) is 2.72. The van der Waals surface area contributed by atoms with Crippen LogP contribution in [0.5, 0.6) is 0 Å². The number of H-pyrrole nitrogens is 1. The molecule has 3 rings (SSSR count). The zero-order valence-electron chi connectivity index (χ0n) is 9.14. The predicted molar refractivity (Wildman–Crippen MR) is 61.8 cm³/mol. The van der Waals surface area contributed by atoms with Crippen molar-refractivity contribution in [2.45, 2.75) is 13.5 Å². The molecule has 0 aliphatic carbocycles. The van der Waals surface area contributed by atoms with Crippen LogP contribution in [-0.2, 0) is 6.61 Å². The average Bonchev–Trinajstić information content (AvgIpc) is 2.79. The van der Waals surface area contributed by atoms with Crippen molar-refractivity contribution in [1.29, 1.82) is 0 Å². The largest absolute Gasteiger partial charge is 0.392 e. The number of aryl methyl sites for hydroxylation is 1. The topological polar surface area (TPSA) is 83.3 Å². The molecule has 0 spiro atoms. The second-order valence-electron chi connectivity index (χ2n) is 3.84. The first kappa shape index (κ1) is 9.98. The highest BCUT2D eigenvalue weighted by Gasteiger charge is 2.09. The monoisotopic (exact) mass is 230 g/mol. The number of aliphatic hydroxyl groups is 1. The van der Waals surface area contributed by atoms with Crippen molar-refractivity contribution in [2.75, 3.05) is 0 Å². The van der Waals surface area contributed by atoms with Gasteiger partial charge in [-0.25, -0.2) is 9.97 Å². The predicted octanol–water partition coefficient (Wildman–Crippen LogP) is 0.372. The Bertz CT molecular complexity index is 772. The molecule has 0 radical (unpaired) electrons.